The average molecular weight is 315 g/mol. The summed E-state index contributed by atoms with van der Waals surface area (Å²) in [6.45, 7) is 0.370. The minimum absolute atomic E-state index is 0.0942. The lowest BCUT2D eigenvalue weighted by Crippen LogP contribution is -2.20. The molecule has 0 aliphatic rings. The normalized spacial score (nSPS) is 10.7. The third-order valence-electron chi connectivity index (χ3n) is 3.47. The fraction of sp³-hybridized carbons (Fsp3) is 0.125. The third kappa shape index (κ3) is 3.00. The fourth-order valence-electron chi connectivity index (χ4n) is 2.40. The van der Waals surface area contributed by atoms with Crippen LogP contribution in [0.15, 0.2) is 42.6 Å². The molecule has 1 aromatic carbocycles. The smallest absolute Gasteiger partial charge is 0.293 e. The van der Waals surface area contributed by atoms with Crippen LogP contribution < -0.4 is 10.2 Å². The Bertz CT molecular complexity index is 876. The maximum absolute atomic E-state index is 13.6. The molecule has 118 valence electrons. The minimum Gasteiger partial charge on any atom is -0.497 e. The second kappa shape index (κ2) is 6.05. The van der Waals surface area contributed by atoms with Crippen molar-refractivity contribution in [1.82, 2.24) is 15.0 Å². The highest BCUT2D eigenvalue weighted by Gasteiger charge is 2.10. The molecular formula is C16H14FN3O3. The zero-order valence-corrected chi connectivity index (χ0v) is 12.3. The van der Waals surface area contributed by atoms with Crippen molar-refractivity contribution in [3.63, 3.8) is 0 Å². The Balaban J connectivity index is 2.00. The number of hydrogen-bond donors (Lipinski definition) is 2. The van der Waals surface area contributed by atoms with Gasteiger partial charge in [0, 0.05) is 24.2 Å². The number of pyridine rings is 1. The van der Waals surface area contributed by atoms with Crippen molar-refractivity contribution in [1.29, 1.82) is 0 Å². The fourth-order valence-corrected chi connectivity index (χ4v) is 2.40. The second-order valence-corrected chi connectivity index (χ2v) is 4.99. The van der Waals surface area contributed by atoms with Crippen molar-refractivity contribution in [2.45, 2.75) is 6.54 Å². The van der Waals surface area contributed by atoms with Gasteiger partial charge in [0.25, 0.3) is 5.91 Å². The molecule has 7 heteroatoms. The Morgan fingerprint density at radius 1 is 1.35 bits per heavy atom. The van der Waals surface area contributed by atoms with Crippen LogP contribution in [0.5, 0.6) is 5.75 Å². The number of methoxy groups -OCH3 is 1. The summed E-state index contributed by atoms with van der Waals surface area (Å²) in [6.07, 6.45) is 1.80. The van der Waals surface area contributed by atoms with Crippen LogP contribution >= 0.6 is 0 Å². The van der Waals surface area contributed by atoms with Crippen LogP contribution in [0.3, 0.4) is 0 Å². The lowest BCUT2D eigenvalue weighted by molar-refractivity contribution is 0.0701. The number of hydrogen-bond acceptors (Lipinski definition) is 4. The Kier molecular flexibility index (Phi) is 3.94. The van der Waals surface area contributed by atoms with Crippen LogP contribution in [0.1, 0.15) is 16.1 Å². The SMILES string of the molecule is COc1cc(F)cc(Cn2ccc3ccc(C(=O)NO)nc32)c1. The van der Waals surface area contributed by atoms with Gasteiger partial charge < -0.3 is 9.30 Å². The zero-order valence-electron chi connectivity index (χ0n) is 12.3. The highest BCUT2D eigenvalue weighted by atomic mass is 19.1. The molecule has 0 bridgehead atoms. The summed E-state index contributed by atoms with van der Waals surface area (Å²) in [5, 5.41) is 9.54. The third-order valence-corrected chi connectivity index (χ3v) is 3.47. The quantitative estimate of drug-likeness (QED) is 0.572. The van der Waals surface area contributed by atoms with E-state index in [1.807, 2.05) is 6.07 Å². The van der Waals surface area contributed by atoms with E-state index >= 15 is 0 Å². The summed E-state index contributed by atoms with van der Waals surface area (Å²) in [5.41, 5.74) is 2.92. The minimum atomic E-state index is -0.688. The van der Waals surface area contributed by atoms with E-state index < -0.39 is 5.91 Å². The summed E-state index contributed by atoms with van der Waals surface area (Å²) in [5.74, 6) is -0.638. The molecule has 0 radical (unpaired) electrons. The average Bonchev–Trinajstić information content (AvgIpc) is 2.95. The molecule has 6 nitrogen and oxygen atoms in total. The number of aromatic nitrogens is 2. The first kappa shape index (κ1) is 15.0. The molecule has 3 aromatic rings. The molecule has 2 aromatic heterocycles. The Morgan fingerprint density at radius 2 is 2.17 bits per heavy atom. The van der Waals surface area contributed by atoms with E-state index in [2.05, 4.69) is 4.98 Å². The number of amides is 1. The van der Waals surface area contributed by atoms with Gasteiger partial charge in [-0.2, -0.15) is 0 Å². The number of carbonyl (C=O) groups is 1. The first-order valence-electron chi connectivity index (χ1n) is 6.84. The maximum Gasteiger partial charge on any atom is 0.293 e. The molecule has 0 atom stereocenters. The highest BCUT2D eigenvalue weighted by molar-refractivity contribution is 5.93. The predicted molar refractivity (Wildman–Crippen MR) is 81.0 cm³/mol. The summed E-state index contributed by atoms with van der Waals surface area (Å²) in [7, 11) is 1.48. The Morgan fingerprint density at radius 3 is 2.91 bits per heavy atom. The van der Waals surface area contributed by atoms with Gasteiger partial charge in [0.05, 0.1) is 7.11 Å². The molecule has 2 N–H and O–H groups in total. The van der Waals surface area contributed by atoms with E-state index in [-0.39, 0.29) is 11.5 Å². The van der Waals surface area contributed by atoms with Crippen molar-refractivity contribution in [3.8, 4) is 5.75 Å². The van der Waals surface area contributed by atoms with Crippen molar-refractivity contribution in [2.24, 2.45) is 0 Å². The van der Waals surface area contributed by atoms with Crippen LogP contribution in [0.2, 0.25) is 0 Å². The van der Waals surface area contributed by atoms with E-state index in [1.165, 1.54) is 25.3 Å². The molecule has 1 amide bonds. The van der Waals surface area contributed by atoms with Crippen molar-refractivity contribution in [2.75, 3.05) is 7.11 Å². The van der Waals surface area contributed by atoms with Crippen molar-refractivity contribution >= 4 is 16.9 Å². The number of rotatable bonds is 4. The summed E-state index contributed by atoms with van der Waals surface area (Å²) in [4.78, 5) is 15.7. The van der Waals surface area contributed by atoms with Crippen LogP contribution in [0.25, 0.3) is 11.0 Å². The second-order valence-electron chi connectivity index (χ2n) is 4.99. The summed E-state index contributed by atoms with van der Waals surface area (Å²) < 4.78 is 20.4. The van der Waals surface area contributed by atoms with Crippen LogP contribution in [-0.4, -0.2) is 27.8 Å². The predicted octanol–water partition coefficient (Wildman–Crippen LogP) is 2.35. The van der Waals surface area contributed by atoms with E-state index in [9.17, 15) is 9.18 Å². The van der Waals surface area contributed by atoms with E-state index in [4.69, 9.17) is 9.94 Å². The number of carbonyl (C=O) groups excluding carboxylic acids is 1. The molecule has 23 heavy (non-hydrogen) atoms. The first-order chi connectivity index (χ1) is 11.1. The van der Waals surface area contributed by atoms with Gasteiger partial charge in [0.2, 0.25) is 0 Å². The van der Waals surface area contributed by atoms with E-state index in [0.29, 0.717) is 23.5 Å². The van der Waals surface area contributed by atoms with Gasteiger partial charge >= 0.3 is 0 Å². The zero-order chi connectivity index (χ0) is 16.4. The van der Waals surface area contributed by atoms with Gasteiger partial charge in [0.1, 0.15) is 22.9 Å². The number of ether oxygens (including phenoxy) is 1. The highest BCUT2D eigenvalue weighted by Crippen LogP contribution is 2.20. The van der Waals surface area contributed by atoms with Gasteiger partial charge in [-0.15, -0.1) is 0 Å². The van der Waals surface area contributed by atoms with Crippen LogP contribution in [0, 0.1) is 5.82 Å². The number of nitrogens with one attached hydrogen (secondary N) is 1. The monoisotopic (exact) mass is 315 g/mol. The van der Waals surface area contributed by atoms with E-state index in [1.54, 1.807) is 28.4 Å². The number of benzene rings is 1. The number of hydroxylamine groups is 1. The van der Waals surface area contributed by atoms with Crippen LogP contribution in [-0.2, 0) is 6.54 Å². The summed E-state index contributed by atoms with van der Waals surface area (Å²) in [6, 6.07) is 9.55. The standard InChI is InChI=1S/C16H14FN3O3/c1-23-13-7-10(6-12(17)8-13)9-20-5-4-11-2-3-14(16(21)19-22)18-15(11)20/h2-8,22H,9H2,1H3,(H,19,21). The maximum atomic E-state index is 13.6. The molecular weight excluding hydrogens is 301 g/mol. The van der Waals surface area contributed by atoms with Gasteiger partial charge in [0.15, 0.2) is 0 Å². The molecule has 3 rings (SSSR count). The lowest BCUT2D eigenvalue weighted by Gasteiger charge is -2.08. The molecule has 0 unspecified atom stereocenters. The Hall–Kier alpha value is -2.93. The number of fused-ring (bicyclic) bond motifs is 1. The molecule has 0 spiro atoms. The molecule has 0 saturated carbocycles. The van der Waals surface area contributed by atoms with Crippen LogP contribution in [0.4, 0.5) is 4.39 Å². The van der Waals surface area contributed by atoms with Gasteiger partial charge in [-0.25, -0.2) is 14.9 Å². The number of nitrogens with zero attached hydrogens (tertiary/aromatic N) is 2. The van der Waals surface area contributed by atoms with Gasteiger partial charge in [-0.1, -0.05) is 0 Å². The van der Waals surface area contributed by atoms with Gasteiger partial charge in [-0.05, 0) is 35.9 Å². The first-order valence-corrected chi connectivity index (χ1v) is 6.84. The Labute approximate surface area is 131 Å². The molecule has 2 heterocycles. The summed E-state index contributed by atoms with van der Waals surface area (Å²) >= 11 is 0. The van der Waals surface area contributed by atoms with Crippen molar-refractivity contribution < 1.29 is 19.1 Å². The van der Waals surface area contributed by atoms with E-state index in [0.717, 1.165) is 5.39 Å². The molecule has 0 aliphatic heterocycles. The molecule has 0 aliphatic carbocycles. The number of halogens is 1. The lowest BCUT2D eigenvalue weighted by atomic mass is 10.2. The molecule has 0 saturated heterocycles. The largest absolute Gasteiger partial charge is 0.497 e. The van der Waals surface area contributed by atoms with Gasteiger partial charge in [-0.3, -0.25) is 10.0 Å². The topological polar surface area (TPSA) is 76.4 Å². The molecule has 0 fully saturated rings. The van der Waals surface area contributed by atoms with Crippen molar-refractivity contribution in [3.05, 3.63) is 59.7 Å².